The molecule has 3 aromatic heterocycles. The van der Waals surface area contributed by atoms with Crippen molar-refractivity contribution in [2.24, 2.45) is 0 Å². The summed E-state index contributed by atoms with van der Waals surface area (Å²) in [7, 11) is 0. The molecule has 31 heavy (non-hydrogen) atoms. The quantitative estimate of drug-likeness (QED) is 0.520. The van der Waals surface area contributed by atoms with Crippen LogP contribution in [-0.2, 0) is 0 Å². The number of H-pyrrole nitrogens is 1. The van der Waals surface area contributed by atoms with Crippen LogP contribution in [0.2, 0.25) is 0 Å². The minimum absolute atomic E-state index is 0.0938. The summed E-state index contributed by atoms with van der Waals surface area (Å²) in [5, 5.41) is 8.39. The smallest absolute Gasteiger partial charge is 0.268 e. The Bertz CT molecular complexity index is 1220. The van der Waals surface area contributed by atoms with Crippen molar-refractivity contribution < 1.29 is 9.18 Å². The maximum atomic E-state index is 14.0. The maximum Gasteiger partial charge on any atom is 0.268 e. The molecule has 1 fully saturated rings. The van der Waals surface area contributed by atoms with Crippen LogP contribution in [0.1, 0.15) is 47.8 Å². The lowest BCUT2D eigenvalue weighted by Gasteiger charge is -2.29. The summed E-state index contributed by atoms with van der Waals surface area (Å²) in [5.41, 5.74) is 3.41. The minimum atomic E-state index is -0.347. The van der Waals surface area contributed by atoms with Gasteiger partial charge in [0.05, 0.1) is 23.4 Å². The number of amides is 1. The zero-order valence-electron chi connectivity index (χ0n) is 17.2. The van der Waals surface area contributed by atoms with Gasteiger partial charge in [-0.2, -0.15) is 5.10 Å². The van der Waals surface area contributed by atoms with E-state index in [0.717, 1.165) is 47.9 Å². The zero-order valence-corrected chi connectivity index (χ0v) is 17.2. The van der Waals surface area contributed by atoms with Gasteiger partial charge >= 0.3 is 0 Å². The molecule has 0 radical (unpaired) electrons. The average molecular weight is 418 g/mol. The number of nitrogens with zero attached hydrogens (tertiary/aromatic N) is 4. The summed E-state index contributed by atoms with van der Waals surface area (Å²) >= 11 is 0. The summed E-state index contributed by atoms with van der Waals surface area (Å²) in [5.74, 6) is -0.526. The Labute approximate surface area is 178 Å². The summed E-state index contributed by atoms with van der Waals surface area (Å²) in [4.78, 5) is 24.0. The van der Waals surface area contributed by atoms with Crippen LogP contribution in [0.25, 0.3) is 22.2 Å². The van der Waals surface area contributed by atoms with Crippen molar-refractivity contribution >= 4 is 16.8 Å². The Morgan fingerprint density at radius 3 is 2.81 bits per heavy atom. The minimum Gasteiger partial charge on any atom is -0.348 e. The van der Waals surface area contributed by atoms with Crippen LogP contribution in [0.3, 0.4) is 0 Å². The molecular weight excluding hydrogens is 395 g/mol. The molecule has 5 rings (SSSR count). The van der Waals surface area contributed by atoms with E-state index >= 15 is 0 Å². The number of fused-ring (bicyclic) bond motifs is 1. The fraction of sp³-hybridized carbons (Fsp3) is 0.304. The standard InChI is InChI=1S/C23H23FN6O/c1-14-18-3-2-4-19(24)22(18)29-21(14)23(31)28-16-5-7-17(8-6-16)30-12-15(11-27-30)20-9-10-25-13-26-20/h2-4,9-13,16-17,29H,5-8H2,1H3,(H,28,31). The van der Waals surface area contributed by atoms with E-state index in [0.29, 0.717) is 17.3 Å². The zero-order chi connectivity index (χ0) is 21.4. The highest BCUT2D eigenvalue weighted by Gasteiger charge is 2.26. The van der Waals surface area contributed by atoms with Crippen molar-refractivity contribution in [3.63, 3.8) is 0 Å². The number of aromatic amines is 1. The molecule has 0 aliphatic heterocycles. The first kappa shape index (κ1) is 19.4. The van der Waals surface area contributed by atoms with Gasteiger partial charge in [0.25, 0.3) is 5.91 Å². The molecule has 1 aromatic carbocycles. The monoisotopic (exact) mass is 418 g/mol. The molecule has 4 aromatic rings. The third-order valence-corrected chi connectivity index (χ3v) is 6.15. The number of para-hydroxylation sites is 1. The number of nitrogens with one attached hydrogen (secondary N) is 2. The number of hydrogen-bond acceptors (Lipinski definition) is 4. The van der Waals surface area contributed by atoms with E-state index < -0.39 is 0 Å². The lowest BCUT2D eigenvalue weighted by atomic mass is 9.91. The highest BCUT2D eigenvalue weighted by Crippen LogP contribution is 2.30. The molecule has 3 heterocycles. The van der Waals surface area contributed by atoms with Crippen LogP contribution < -0.4 is 5.32 Å². The van der Waals surface area contributed by atoms with E-state index in [-0.39, 0.29) is 17.8 Å². The number of aryl methyl sites for hydroxylation is 1. The van der Waals surface area contributed by atoms with Gasteiger partial charge < -0.3 is 10.3 Å². The molecule has 8 heteroatoms. The third kappa shape index (κ3) is 3.69. The second kappa shape index (κ2) is 7.94. The first-order chi connectivity index (χ1) is 15.1. The number of benzene rings is 1. The first-order valence-electron chi connectivity index (χ1n) is 10.5. The van der Waals surface area contributed by atoms with Gasteiger partial charge in [0.1, 0.15) is 17.8 Å². The number of aromatic nitrogens is 5. The predicted octanol–water partition coefficient (Wildman–Crippen LogP) is 4.18. The summed E-state index contributed by atoms with van der Waals surface area (Å²) < 4.78 is 16.0. The van der Waals surface area contributed by atoms with Gasteiger partial charge in [0.2, 0.25) is 0 Å². The Hall–Kier alpha value is -3.55. The van der Waals surface area contributed by atoms with Crippen LogP contribution in [-0.4, -0.2) is 36.7 Å². The largest absolute Gasteiger partial charge is 0.348 e. The molecular formula is C23H23FN6O. The number of rotatable bonds is 4. The van der Waals surface area contributed by atoms with E-state index in [1.807, 2.05) is 36.1 Å². The van der Waals surface area contributed by atoms with Crippen molar-refractivity contribution in [2.45, 2.75) is 44.7 Å². The Kier molecular flexibility index (Phi) is 4.97. The molecule has 0 atom stereocenters. The van der Waals surface area contributed by atoms with E-state index in [9.17, 15) is 9.18 Å². The van der Waals surface area contributed by atoms with Crippen molar-refractivity contribution in [3.05, 3.63) is 66.3 Å². The maximum absolute atomic E-state index is 14.0. The highest BCUT2D eigenvalue weighted by atomic mass is 19.1. The topological polar surface area (TPSA) is 88.5 Å². The van der Waals surface area contributed by atoms with Gasteiger partial charge in [-0.15, -0.1) is 0 Å². The number of halogens is 1. The SMILES string of the molecule is Cc1c(C(=O)NC2CCC(n3cc(-c4ccncn4)cn3)CC2)[nH]c2c(F)cccc12. The first-order valence-corrected chi connectivity index (χ1v) is 10.5. The Morgan fingerprint density at radius 2 is 2.06 bits per heavy atom. The molecule has 0 bridgehead atoms. The molecule has 0 unspecified atom stereocenters. The lowest BCUT2D eigenvalue weighted by molar-refractivity contribution is 0.0917. The second-order valence-corrected chi connectivity index (χ2v) is 8.07. The van der Waals surface area contributed by atoms with Gasteiger partial charge in [-0.3, -0.25) is 9.48 Å². The highest BCUT2D eigenvalue weighted by molar-refractivity contribution is 6.01. The molecule has 0 spiro atoms. The van der Waals surface area contributed by atoms with E-state index in [1.54, 1.807) is 12.3 Å². The molecule has 1 saturated carbocycles. The normalized spacial score (nSPS) is 18.9. The lowest BCUT2D eigenvalue weighted by Crippen LogP contribution is -2.38. The summed E-state index contributed by atoms with van der Waals surface area (Å²) in [6.45, 7) is 1.84. The number of carbonyl (C=O) groups is 1. The van der Waals surface area contributed by atoms with Crippen LogP contribution in [0.4, 0.5) is 4.39 Å². The Morgan fingerprint density at radius 1 is 1.23 bits per heavy atom. The van der Waals surface area contributed by atoms with Gasteiger partial charge in [0, 0.05) is 29.4 Å². The molecule has 1 aliphatic carbocycles. The summed E-state index contributed by atoms with van der Waals surface area (Å²) in [6, 6.07) is 7.14. The van der Waals surface area contributed by atoms with E-state index in [2.05, 4.69) is 25.4 Å². The second-order valence-electron chi connectivity index (χ2n) is 8.07. The van der Waals surface area contributed by atoms with Crippen molar-refractivity contribution in [1.29, 1.82) is 0 Å². The van der Waals surface area contributed by atoms with Crippen LogP contribution in [0.5, 0.6) is 0 Å². The predicted molar refractivity (Wildman–Crippen MR) is 115 cm³/mol. The third-order valence-electron chi connectivity index (χ3n) is 6.15. The fourth-order valence-electron chi connectivity index (χ4n) is 4.42. The molecule has 2 N–H and O–H groups in total. The van der Waals surface area contributed by atoms with E-state index in [1.165, 1.54) is 12.4 Å². The van der Waals surface area contributed by atoms with Crippen LogP contribution in [0, 0.1) is 12.7 Å². The molecule has 0 saturated heterocycles. The van der Waals surface area contributed by atoms with Crippen molar-refractivity contribution in [3.8, 4) is 11.3 Å². The molecule has 7 nitrogen and oxygen atoms in total. The molecule has 158 valence electrons. The van der Waals surface area contributed by atoms with Crippen LogP contribution in [0.15, 0.2) is 49.2 Å². The average Bonchev–Trinajstić information content (AvgIpc) is 3.41. The van der Waals surface area contributed by atoms with Gasteiger partial charge in [-0.1, -0.05) is 12.1 Å². The number of carbonyl (C=O) groups excluding carboxylic acids is 1. The molecule has 1 amide bonds. The van der Waals surface area contributed by atoms with Crippen molar-refractivity contribution in [1.82, 2.24) is 30.0 Å². The summed E-state index contributed by atoms with van der Waals surface area (Å²) in [6.07, 6.45) is 10.7. The van der Waals surface area contributed by atoms with Crippen LogP contribution >= 0.6 is 0 Å². The molecule has 1 aliphatic rings. The van der Waals surface area contributed by atoms with Gasteiger partial charge in [-0.25, -0.2) is 14.4 Å². The van der Waals surface area contributed by atoms with E-state index in [4.69, 9.17) is 0 Å². The Balaban J connectivity index is 1.23. The van der Waals surface area contributed by atoms with Crippen molar-refractivity contribution in [2.75, 3.05) is 0 Å². The van der Waals surface area contributed by atoms with Gasteiger partial charge in [-0.05, 0) is 50.3 Å². The number of hydrogen-bond donors (Lipinski definition) is 2. The fourth-order valence-corrected chi connectivity index (χ4v) is 4.42. The van der Waals surface area contributed by atoms with Gasteiger partial charge in [0.15, 0.2) is 0 Å².